The summed E-state index contributed by atoms with van der Waals surface area (Å²) in [7, 11) is 0. The second-order valence-electron chi connectivity index (χ2n) is 7.67. The van der Waals surface area contributed by atoms with Crippen molar-refractivity contribution in [2.45, 2.75) is 30.9 Å². The first-order valence-corrected chi connectivity index (χ1v) is 9.94. The van der Waals surface area contributed by atoms with Crippen LogP contribution in [0.25, 0.3) is 0 Å². The number of likely N-dealkylation sites (tertiary alicyclic amines) is 1. The largest absolute Gasteiger partial charge is 0.508 e. The number of anilines is 1. The van der Waals surface area contributed by atoms with Crippen molar-refractivity contribution in [3.8, 4) is 5.75 Å². The highest BCUT2D eigenvalue weighted by molar-refractivity contribution is 5.88. The van der Waals surface area contributed by atoms with Gasteiger partial charge in [-0.15, -0.1) is 0 Å². The average Bonchev–Trinajstić information content (AvgIpc) is 2.75. The number of fused-ring (bicyclic) bond motifs is 2. The zero-order chi connectivity index (χ0) is 22.0. The molecule has 0 radical (unpaired) electrons. The summed E-state index contributed by atoms with van der Waals surface area (Å²) in [4.78, 5) is 42.4. The van der Waals surface area contributed by atoms with E-state index in [1.807, 2.05) is 6.07 Å². The van der Waals surface area contributed by atoms with E-state index in [4.69, 9.17) is 10.5 Å². The van der Waals surface area contributed by atoms with Crippen LogP contribution in [0.1, 0.15) is 24.0 Å². The molecule has 4 amide bonds. The molecule has 0 saturated carbocycles. The van der Waals surface area contributed by atoms with Crippen molar-refractivity contribution in [3.63, 3.8) is 0 Å². The lowest BCUT2D eigenvalue weighted by Gasteiger charge is -2.43. The van der Waals surface area contributed by atoms with Crippen molar-refractivity contribution in [2.24, 2.45) is 5.73 Å². The van der Waals surface area contributed by atoms with Crippen LogP contribution in [0.3, 0.4) is 0 Å². The summed E-state index contributed by atoms with van der Waals surface area (Å²) in [5, 5.41) is 14.7. The van der Waals surface area contributed by atoms with Gasteiger partial charge >= 0.3 is 12.1 Å². The Morgan fingerprint density at radius 1 is 1.26 bits per heavy atom. The monoisotopic (exact) mass is 425 g/mol. The van der Waals surface area contributed by atoms with Gasteiger partial charge in [0.2, 0.25) is 5.91 Å². The van der Waals surface area contributed by atoms with Gasteiger partial charge in [0, 0.05) is 44.1 Å². The predicted molar refractivity (Wildman–Crippen MR) is 110 cm³/mol. The van der Waals surface area contributed by atoms with Gasteiger partial charge in [-0.3, -0.25) is 10.1 Å². The number of rotatable bonds is 4. The lowest BCUT2D eigenvalue weighted by Crippen LogP contribution is -2.55. The predicted octanol–water partition coefficient (Wildman–Crippen LogP) is 1.45. The number of carbonyl (C=O) groups is 3. The van der Waals surface area contributed by atoms with Crippen molar-refractivity contribution in [2.75, 3.05) is 18.4 Å². The maximum Gasteiger partial charge on any atom is 0.413 e. The summed E-state index contributed by atoms with van der Waals surface area (Å²) >= 11 is 0. The molecule has 0 bridgehead atoms. The van der Waals surface area contributed by atoms with E-state index in [0.29, 0.717) is 31.7 Å². The van der Waals surface area contributed by atoms with Crippen molar-refractivity contribution >= 4 is 23.8 Å². The number of piperidine rings is 1. The number of benzene rings is 1. The molecule has 1 aromatic heterocycles. The minimum atomic E-state index is -0.894. The highest BCUT2D eigenvalue weighted by Crippen LogP contribution is 2.42. The lowest BCUT2D eigenvalue weighted by molar-refractivity contribution is -0.119. The number of nitrogens with two attached hydrogens (primary N) is 1. The molecule has 1 saturated heterocycles. The first-order valence-electron chi connectivity index (χ1n) is 9.94. The third-order valence-corrected chi connectivity index (χ3v) is 5.68. The van der Waals surface area contributed by atoms with Gasteiger partial charge in [0.05, 0.1) is 0 Å². The molecule has 1 atom stereocenters. The molecule has 3 heterocycles. The van der Waals surface area contributed by atoms with Crippen LogP contribution in [0.2, 0.25) is 0 Å². The lowest BCUT2D eigenvalue weighted by atomic mass is 9.83. The Labute approximate surface area is 178 Å². The molecule has 1 spiro atoms. The Balaban J connectivity index is 1.41. The van der Waals surface area contributed by atoms with Crippen LogP contribution in [0.5, 0.6) is 5.75 Å². The number of phenolic OH excluding ortho intramolecular Hbond substituents is 1. The molecule has 2 aliphatic heterocycles. The second kappa shape index (κ2) is 8.13. The smallest absolute Gasteiger partial charge is 0.413 e. The van der Waals surface area contributed by atoms with E-state index >= 15 is 0 Å². The van der Waals surface area contributed by atoms with E-state index in [1.54, 1.807) is 29.3 Å². The summed E-state index contributed by atoms with van der Waals surface area (Å²) in [5.74, 6) is -0.0671. The topological polar surface area (TPSA) is 147 Å². The van der Waals surface area contributed by atoms with Crippen LogP contribution in [-0.4, -0.2) is 52.2 Å². The fourth-order valence-corrected chi connectivity index (χ4v) is 4.00. The van der Waals surface area contributed by atoms with E-state index in [1.165, 1.54) is 12.1 Å². The van der Waals surface area contributed by atoms with Crippen LogP contribution >= 0.6 is 0 Å². The summed E-state index contributed by atoms with van der Waals surface area (Å²) < 4.78 is 5.63. The molecule has 4 rings (SSSR count). The Kier molecular flexibility index (Phi) is 5.37. The van der Waals surface area contributed by atoms with Crippen molar-refractivity contribution in [1.29, 1.82) is 0 Å². The minimum Gasteiger partial charge on any atom is -0.508 e. The van der Waals surface area contributed by atoms with E-state index in [0.717, 1.165) is 11.1 Å². The number of nitrogens with zero attached hydrogens (tertiary/aromatic N) is 2. The number of aromatic nitrogens is 1. The summed E-state index contributed by atoms with van der Waals surface area (Å²) in [6.07, 6.45) is 2.06. The van der Waals surface area contributed by atoms with Gasteiger partial charge in [-0.2, -0.15) is 0 Å². The molecule has 10 heteroatoms. The molecule has 2 aromatic rings. The minimum absolute atomic E-state index is 0.112. The highest BCUT2D eigenvalue weighted by Gasteiger charge is 2.45. The fourth-order valence-electron chi connectivity index (χ4n) is 4.00. The molecule has 0 aliphatic carbocycles. The first-order chi connectivity index (χ1) is 14.9. The van der Waals surface area contributed by atoms with E-state index in [9.17, 15) is 19.5 Å². The van der Waals surface area contributed by atoms with Crippen LogP contribution in [-0.2, 0) is 21.6 Å². The Bertz CT molecular complexity index is 1000. The molecular formula is C21H23N5O5. The third kappa shape index (κ3) is 4.23. The van der Waals surface area contributed by atoms with E-state index < -0.39 is 29.7 Å². The van der Waals surface area contributed by atoms with Gasteiger partial charge in [0.15, 0.2) is 0 Å². The van der Waals surface area contributed by atoms with Gasteiger partial charge in [-0.05, 0) is 29.8 Å². The summed E-state index contributed by atoms with van der Waals surface area (Å²) in [6.45, 7) is 0.663. The quantitative estimate of drug-likeness (QED) is 0.583. The number of amides is 4. The number of pyridine rings is 1. The first kappa shape index (κ1) is 20.5. The number of ether oxygens (including phenoxy) is 1. The molecule has 2 aliphatic rings. The second-order valence-corrected chi connectivity index (χ2v) is 7.67. The number of aromatic hydroxyl groups is 1. The SMILES string of the molecule is NC(=O)[C@@H](Cc1ccc(O)cc1)NC(=O)N1CCC2(CC1)OC(=O)Nc1ncccc12. The number of phenols is 1. The highest BCUT2D eigenvalue weighted by atomic mass is 16.6. The summed E-state index contributed by atoms with van der Waals surface area (Å²) in [6, 6.07) is 8.68. The van der Waals surface area contributed by atoms with Gasteiger partial charge in [-0.25, -0.2) is 14.6 Å². The van der Waals surface area contributed by atoms with Gasteiger partial charge in [0.25, 0.3) is 0 Å². The molecule has 5 N–H and O–H groups in total. The maximum atomic E-state index is 12.8. The zero-order valence-corrected chi connectivity index (χ0v) is 16.7. The number of carbonyl (C=O) groups excluding carboxylic acids is 3. The van der Waals surface area contributed by atoms with Crippen molar-refractivity contribution in [1.82, 2.24) is 15.2 Å². The van der Waals surface area contributed by atoms with Gasteiger partial charge in [-0.1, -0.05) is 12.1 Å². The van der Waals surface area contributed by atoms with Crippen molar-refractivity contribution in [3.05, 3.63) is 53.7 Å². The number of primary amides is 1. The Hall–Kier alpha value is -3.82. The number of nitrogens with one attached hydrogen (secondary N) is 2. The normalized spacial score (nSPS) is 17.8. The zero-order valence-electron chi connectivity index (χ0n) is 16.7. The third-order valence-electron chi connectivity index (χ3n) is 5.68. The fraction of sp³-hybridized carbons (Fsp3) is 0.333. The molecule has 1 fully saturated rings. The van der Waals surface area contributed by atoms with Gasteiger partial charge < -0.3 is 25.8 Å². The maximum absolute atomic E-state index is 12.8. The number of hydrogen-bond donors (Lipinski definition) is 4. The molecule has 1 aromatic carbocycles. The number of urea groups is 1. The van der Waals surface area contributed by atoms with Crippen LogP contribution in [0.4, 0.5) is 15.4 Å². The molecule has 162 valence electrons. The average molecular weight is 425 g/mol. The van der Waals surface area contributed by atoms with E-state index in [2.05, 4.69) is 15.6 Å². The van der Waals surface area contributed by atoms with E-state index in [-0.39, 0.29) is 12.2 Å². The molecule has 0 unspecified atom stereocenters. The number of hydrogen-bond acceptors (Lipinski definition) is 6. The Morgan fingerprint density at radius 2 is 1.97 bits per heavy atom. The van der Waals surface area contributed by atoms with Crippen LogP contribution in [0, 0.1) is 0 Å². The van der Waals surface area contributed by atoms with Gasteiger partial charge in [0.1, 0.15) is 23.2 Å². The molecule has 31 heavy (non-hydrogen) atoms. The standard InChI is InChI=1S/C21H23N5O5/c22-17(28)16(12-13-3-5-14(27)6-4-13)24-19(29)26-10-7-21(8-11-26)15-2-1-9-23-18(15)25-20(30)31-21/h1-6,9,16,27H,7-8,10-12H2,(H2,22,28)(H,24,29)(H,23,25,30)/t16-/m1/s1. The molecular weight excluding hydrogens is 402 g/mol. The van der Waals surface area contributed by atoms with Crippen LogP contribution < -0.4 is 16.4 Å². The Morgan fingerprint density at radius 3 is 2.65 bits per heavy atom. The molecule has 10 nitrogen and oxygen atoms in total. The van der Waals surface area contributed by atoms with Crippen LogP contribution in [0.15, 0.2) is 42.6 Å². The summed E-state index contributed by atoms with van der Waals surface area (Å²) in [5.41, 5.74) is 6.19. The van der Waals surface area contributed by atoms with Crippen molar-refractivity contribution < 1.29 is 24.2 Å².